The predicted molar refractivity (Wildman–Crippen MR) is 90.7 cm³/mol. The van der Waals surface area contributed by atoms with Crippen LogP contribution in [0.4, 0.5) is 0 Å². The second-order valence-electron chi connectivity index (χ2n) is 7.83. The fraction of sp³-hybridized carbons (Fsp3) is 1.00. The van der Waals surface area contributed by atoms with Crippen molar-refractivity contribution in [3.8, 4) is 0 Å². The van der Waals surface area contributed by atoms with Crippen molar-refractivity contribution in [1.29, 1.82) is 0 Å². The van der Waals surface area contributed by atoms with Crippen molar-refractivity contribution >= 4 is 0 Å². The molecule has 1 N–H and O–H groups in total. The van der Waals surface area contributed by atoms with E-state index in [4.69, 9.17) is 4.74 Å². The summed E-state index contributed by atoms with van der Waals surface area (Å²) in [4.78, 5) is 0. The van der Waals surface area contributed by atoms with Gasteiger partial charge in [0.25, 0.3) is 0 Å². The van der Waals surface area contributed by atoms with Gasteiger partial charge in [-0.1, -0.05) is 52.9 Å². The molecule has 0 aromatic heterocycles. The maximum absolute atomic E-state index is 6.73. The number of hydrogen-bond acceptors (Lipinski definition) is 2. The average Bonchev–Trinajstić information content (AvgIpc) is 2.49. The minimum absolute atomic E-state index is 0.135. The third kappa shape index (κ3) is 5.56. The smallest absolute Gasteiger partial charge is 0.0810 e. The summed E-state index contributed by atoms with van der Waals surface area (Å²) in [5, 5.41) is 3.67. The number of ether oxygens (including phenoxy) is 1. The molecule has 0 spiro atoms. The molecule has 0 aromatic carbocycles. The highest BCUT2D eigenvalue weighted by Crippen LogP contribution is 2.39. The minimum Gasteiger partial charge on any atom is -0.370 e. The summed E-state index contributed by atoms with van der Waals surface area (Å²) in [6.07, 6.45) is 15.3. The van der Waals surface area contributed by atoms with Crippen LogP contribution in [0.3, 0.4) is 0 Å². The summed E-state index contributed by atoms with van der Waals surface area (Å²) in [7, 11) is 0. The molecule has 0 aromatic rings. The molecule has 0 aliphatic heterocycles. The quantitative estimate of drug-likeness (QED) is 0.708. The van der Waals surface area contributed by atoms with Gasteiger partial charge in [0, 0.05) is 12.6 Å². The van der Waals surface area contributed by atoms with Crippen LogP contribution >= 0.6 is 0 Å². The number of nitrogens with one attached hydrogen (secondary N) is 1. The third-order valence-electron chi connectivity index (χ3n) is 5.51. The van der Waals surface area contributed by atoms with Gasteiger partial charge >= 0.3 is 0 Å². The Labute approximate surface area is 132 Å². The summed E-state index contributed by atoms with van der Waals surface area (Å²) in [5.41, 5.74) is 0.135. The lowest BCUT2D eigenvalue weighted by molar-refractivity contribution is -0.128. The first-order valence-electron chi connectivity index (χ1n) is 9.55. The van der Waals surface area contributed by atoms with E-state index in [0.29, 0.717) is 12.1 Å². The maximum atomic E-state index is 6.73. The average molecular weight is 296 g/mol. The fourth-order valence-electron chi connectivity index (χ4n) is 4.16. The van der Waals surface area contributed by atoms with Gasteiger partial charge in [-0.05, 0) is 44.4 Å². The molecule has 0 amide bonds. The molecule has 2 rings (SSSR count). The third-order valence-corrected chi connectivity index (χ3v) is 5.51. The van der Waals surface area contributed by atoms with E-state index in [1.807, 2.05) is 0 Å². The molecular weight excluding hydrogens is 258 g/mol. The van der Waals surface area contributed by atoms with Crippen LogP contribution in [-0.2, 0) is 4.74 Å². The Hall–Kier alpha value is -0.0800. The highest BCUT2D eigenvalue weighted by molar-refractivity contribution is 4.91. The van der Waals surface area contributed by atoms with Crippen molar-refractivity contribution in [2.75, 3.05) is 6.54 Å². The molecule has 0 heterocycles. The molecule has 0 atom stereocenters. The van der Waals surface area contributed by atoms with Crippen LogP contribution in [0.15, 0.2) is 0 Å². The van der Waals surface area contributed by atoms with Crippen molar-refractivity contribution < 1.29 is 4.74 Å². The molecular formula is C19H37NO. The Balaban J connectivity index is 1.90. The Kier molecular flexibility index (Phi) is 7.01. The van der Waals surface area contributed by atoms with E-state index >= 15 is 0 Å². The van der Waals surface area contributed by atoms with E-state index in [0.717, 1.165) is 12.5 Å². The summed E-state index contributed by atoms with van der Waals surface area (Å²) in [6, 6.07) is 0.560. The topological polar surface area (TPSA) is 21.3 Å². The Morgan fingerprint density at radius 2 is 1.71 bits per heavy atom. The molecule has 0 radical (unpaired) electrons. The minimum atomic E-state index is 0.135. The Morgan fingerprint density at radius 1 is 1.05 bits per heavy atom. The van der Waals surface area contributed by atoms with Gasteiger partial charge in [0.05, 0.1) is 11.7 Å². The zero-order valence-corrected chi connectivity index (χ0v) is 14.6. The molecule has 21 heavy (non-hydrogen) atoms. The summed E-state index contributed by atoms with van der Waals surface area (Å²) < 4.78 is 6.73. The Bertz CT molecular complexity index is 275. The van der Waals surface area contributed by atoms with Gasteiger partial charge < -0.3 is 10.1 Å². The second kappa shape index (κ2) is 8.53. The lowest BCUT2D eigenvalue weighted by atomic mass is 9.76. The van der Waals surface area contributed by atoms with E-state index in [9.17, 15) is 0 Å². The number of rotatable bonds is 7. The molecule has 2 nitrogen and oxygen atoms in total. The van der Waals surface area contributed by atoms with Gasteiger partial charge in [-0.2, -0.15) is 0 Å². The Morgan fingerprint density at radius 3 is 2.29 bits per heavy atom. The summed E-state index contributed by atoms with van der Waals surface area (Å²) in [5.74, 6) is 0.956. The van der Waals surface area contributed by atoms with E-state index < -0.39 is 0 Å². The largest absolute Gasteiger partial charge is 0.370 e. The van der Waals surface area contributed by atoms with Crippen molar-refractivity contribution in [1.82, 2.24) is 5.32 Å². The highest BCUT2D eigenvalue weighted by atomic mass is 16.5. The highest BCUT2D eigenvalue weighted by Gasteiger charge is 2.38. The molecule has 0 unspecified atom stereocenters. The van der Waals surface area contributed by atoms with Gasteiger partial charge in [0.1, 0.15) is 0 Å². The summed E-state index contributed by atoms with van der Waals surface area (Å²) in [6.45, 7) is 7.87. The van der Waals surface area contributed by atoms with Gasteiger partial charge in [0.2, 0.25) is 0 Å². The van der Waals surface area contributed by atoms with Crippen molar-refractivity contribution in [2.24, 2.45) is 5.92 Å². The van der Waals surface area contributed by atoms with E-state index in [2.05, 4.69) is 26.1 Å². The van der Waals surface area contributed by atoms with Crippen molar-refractivity contribution in [3.05, 3.63) is 0 Å². The van der Waals surface area contributed by atoms with Crippen LogP contribution in [0.5, 0.6) is 0 Å². The molecule has 2 aliphatic carbocycles. The number of hydrogen-bond donors (Lipinski definition) is 1. The van der Waals surface area contributed by atoms with Crippen LogP contribution in [0.1, 0.15) is 91.4 Å². The van der Waals surface area contributed by atoms with Crippen LogP contribution in [0.25, 0.3) is 0 Å². The van der Waals surface area contributed by atoms with Crippen molar-refractivity contribution in [3.63, 3.8) is 0 Å². The molecule has 2 saturated carbocycles. The maximum Gasteiger partial charge on any atom is 0.0810 e. The predicted octanol–water partition coefficient (Wildman–Crippen LogP) is 5.06. The molecule has 2 aliphatic rings. The lowest BCUT2D eigenvalue weighted by Crippen LogP contribution is -2.49. The zero-order chi connectivity index (χ0) is 15.1. The molecule has 2 heteroatoms. The zero-order valence-electron chi connectivity index (χ0n) is 14.6. The van der Waals surface area contributed by atoms with Crippen LogP contribution in [0.2, 0.25) is 0 Å². The first-order valence-corrected chi connectivity index (χ1v) is 9.55. The summed E-state index contributed by atoms with van der Waals surface area (Å²) >= 11 is 0. The van der Waals surface area contributed by atoms with Crippen LogP contribution in [0, 0.1) is 5.92 Å². The molecule has 2 fully saturated rings. The SMILES string of the molecule is CCCC1CCC(CNC(C)C)(OC2CCCCC2)CC1. The van der Waals surface area contributed by atoms with Crippen molar-refractivity contribution in [2.45, 2.75) is 109 Å². The molecule has 0 saturated heterocycles. The van der Waals surface area contributed by atoms with Gasteiger partial charge in [-0.25, -0.2) is 0 Å². The molecule has 0 bridgehead atoms. The second-order valence-corrected chi connectivity index (χ2v) is 7.83. The standard InChI is InChI=1S/C19H37NO/c1-4-8-17-11-13-19(14-12-17,15-20-16(2)3)21-18-9-6-5-7-10-18/h16-18,20H,4-15H2,1-3H3. The fourth-order valence-corrected chi connectivity index (χ4v) is 4.16. The van der Waals surface area contributed by atoms with Gasteiger partial charge in [-0.3, -0.25) is 0 Å². The normalized spacial score (nSPS) is 31.7. The van der Waals surface area contributed by atoms with Crippen LogP contribution < -0.4 is 5.32 Å². The van der Waals surface area contributed by atoms with Crippen LogP contribution in [-0.4, -0.2) is 24.3 Å². The van der Waals surface area contributed by atoms with E-state index in [-0.39, 0.29) is 5.60 Å². The van der Waals surface area contributed by atoms with Gasteiger partial charge in [-0.15, -0.1) is 0 Å². The van der Waals surface area contributed by atoms with E-state index in [1.54, 1.807) is 0 Å². The monoisotopic (exact) mass is 295 g/mol. The first kappa shape index (κ1) is 17.3. The van der Waals surface area contributed by atoms with E-state index in [1.165, 1.54) is 70.6 Å². The first-order chi connectivity index (χ1) is 10.1. The van der Waals surface area contributed by atoms with Gasteiger partial charge in [0.15, 0.2) is 0 Å². The molecule has 124 valence electrons. The lowest BCUT2D eigenvalue weighted by Gasteiger charge is -2.44.